The number of aryl methyl sites for hydroxylation is 1. The molecule has 2 aromatic rings. The maximum atomic E-state index is 13.2. The molecule has 1 N–H and O–H groups in total. The number of hydrogen-bond acceptors (Lipinski definition) is 4. The van der Waals surface area contributed by atoms with Gasteiger partial charge in [-0.3, -0.25) is 9.59 Å². The Bertz CT molecular complexity index is 762. The monoisotopic (exact) mass is 362 g/mol. The normalized spacial score (nSPS) is 15.4. The van der Waals surface area contributed by atoms with E-state index in [-0.39, 0.29) is 23.4 Å². The van der Waals surface area contributed by atoms with Gasteiger partial charge in [-0.15, -0.1) is 0 Å². The summed E-state index contributed by atoms with van der Waals surface area (Å²) in [7, 11) is 1.84. The molecule has 0 bridgehead atoms. The lowest BCUT2D eigenvalue weighted by molar-refractivity contribution is -0.121. The third kappa shape index (κ3) is 4.19. The molecule has 1 aliphatic heterocycles. The maximum absolute atomic E-state index is 13.2. The molecule has 2 heterocycles. The first-order chi connectivity index (χ1) is 12.0. The minimum absolute atomic E-state index is 0.0204. The second-order valence-corrected chi connectivity index (χ2v) is 6.85. The molecule has 25 heavy (non-hydrogen) atoms. The number of benzene rings is 1. The molecule has 6 nitrogen and oxygen atoms in total. The van der Waals surface area contributed by atoms with E-state index in [1.807, 2.05) is 11.6 Å². The number of halogens is 1. The van der Waals surface area contributed by atoms with Crippen molar-refractivity contribution in [3.63, 3.8) is 0 Å². The van der Waals surface area contributed by atoms with Gasteiger partial charge in [-0.05, 0) is 17.7 Å². The predicted molar refractivity (Wildman–Crippen MR) is 93.6 cm³/mol. The number of rotatable bonds is 6. The number of carbonyl (C=O) groups is 2. The molecule has 1 fully saturated rings. The number of imidazole rings is 1. The Morgan fingerprint density at radius 1 is 1.40 bits per heavy atom. The predicted octanol–water partition coefficient (Wildman–Crippen LogP) is 2.32. The Hall–Kier alpha value is -2.35. The summed E-state index contributed by atoms with van der Waals surface area (Å²) in [5.74, 6) is 0.917. The van der Waals surface area contributed by atoms with Gasteiger partial charge in [0.05, 0.1) is 0 Å². The second-order valence-electron chi connectivity index (χ2n) is 5.80. The molecule has 2 amide bonds. The number of thioether (sulfide) groups is 1. The van der Waals surface area contributed by atoms with Crippen molar-refractivity contribution in [1.29, 1.82) is 0 Å². The number of nitrogens with zero attached hydrogens (tertiary/aromatic N) is 3. The fourth-order valence-corrected chi connectivity index (χ4v) is 3.56. The van der Waals surface area contributed by atoms with Crippen LogP contribution in [0.1, 0.15) is 23.9 Å². The molecule has 3 rings (SSSR count). The van der Waals surface area contributed by atoms with Crippen LogP contribution >= 0.6 is 11.8 Å². The van der Waals surface area contributed by atoms with Gasteiger partial charge in [0.1, 0.15) is 17.7 Å². The number of hydrogen-bond donors (Lipinski definition) is 1. The van der Waals surface area contributed by atoms with Crippen LogP contribution in [0.2, 0.25) is 0 Å². The van der Waals surface area contributed by atoms with Gasteiger partial charge in [-0.2, -0.15) is 0 Å². The molecule has 1 aromatic carbocycles. The largest absolute Gasteiger partial charge is 0.342 e. The van der Waals surface area contributed by atoms with E-state index in [0.717, 1.165) is 11.3 Å². The van der Waals surface area contributed by atoms with Gasteiger partial charge in [-0.25, -0.2) is 9.37 Å². The third-order valence-corrected chi connectivity index (χ3v) is 4.97. The van der Waals surface area contributed by atoms with Crippen LogP contribution in [0.4, 0.5) is 9.18 Å². The SMILES string of the molecule is Cn1ccnc1C(NC(=O)CCN1CCSC1=O)c1ccc(F)cc1. The summed E-state index contributed by atoms with van der Waals surface area (Å²) in [5, 5.41) is 2.97. The van der Waals surface area contributed by atoms with Crippen LogP contribution in [0, 0.1) is 5.82 Å². The number of amides is 2. The minimum Gasteiger partial charge on any atom is -0.342 e. The van der Waals surface area contributed by atoms with Gasteiger partial charge in [0.2, 0.25) is 5.91 Å². The Morgan fingerprint density at radius 3 is 2.76 bits per heavy atom. The van der Waals surface area contributed by atoms with Crippen LogP contribution in [0.25, 0.3) is 0 Å². The maximum Gasteiger partial charge on any atom is 0.281 e. The first-order valence-corrected chi connectivity index (χ1v) is 8.97. The lowest BCUT2D eigenvalue weighted by Crippen LogP contribution is -2.34. The van der Waals surface area contributed by atoms with Gasteiger partial charge in [0.25, 0.3) is 5.24 Å². The highest BCUT2D eigenvalue weighted by atomic mass is 32.2. The van der Waals surface area contributed by atoms with Crippen molar-refractivity contribution in [3.8, 4) is 0 Å². The molecule has 8 heteroatoms. The summed E-state index contributed by atoms with van der Waals surface area (Å²) >= 11 is 1.28. The van der Waals surface area contributed by atoms with Gasteiger partial charge in [0, 0.05) is 44.7 Å². The molecular weight excluding hydrogens is 343 g/mol. The van der Waals surface area contributed by atoms with E-state index in [1.165, 1.54) is 23.9 Å². The van der Waals surface area contributed by atoms with Crippen molar-refractivity contribution in [1.82, 2.24) is 19.8 Å². The topological polar surface area (TPSA) is 67.2 Å². The van der Waals surface area contributed by atoms with Crippen molar-refractivity contribution in [2.45, 2.75) is 12.5 Å². The van der Waals surface area contributed by atoms with E-state index in [0.29, 0.717) is 18.9 Å². The Kier molecular flexibility index (Phi) is 5.37. The Balaban J connectivity index is 1.71. The molecule has 1 atom stereocenters. The standard InChI is InChI=1S/C17H19FN4O2S/c1-21-9-7-19-16(21)15(12-2-4-13(18)5-3-12)20-14(23)6-8-22-10-11-25-17(22)24/h2-5,7,9,15H,6,8,10-11H2,1H3,(H,20,23). The summed E-state index contributed by atoms with van der Waals surface area (Å²) < 4.78 is 15.0. The van der Waals surface area contributed by atoms with E-state index in [9.17, 15) is 14.0 Å². The van der Waals surface area contributed by atoms with E-state index in [4.69, 9.17) is 0 Å². The molecule has 1 aromatic heterocycles. The molecule has 1 unspecified atom stereocenters. The van der Waals surface area contributed by atoms with Crippen LogP contribution in [0.15, 0.2) is 36.7 Å². The van der Waals surface area contributed by atoms with Crippen molar-refractivity contribution in [2.75, 3.05) is 18.8 Å². The lowest BCUT2D eigenvalue weighted by Gasteiger charge is -2.20. The quantitative estimate of drug-likeness (QED) is 0.856. The fraction of sp³-hybridized carbons (Fsp3) is 0.353. The average molecular weight is 362 g/mol. The van der Waals surface area contributed by atoms with E-state index < -0.39 is 6.04 Å². The van der Waals surface area contributed by atoms with Crippen LogP contribution in [0.5, 0.6) is 0 Å². The van der Waals surface area contributed by atoms with Crippen LogP contribution < -0.4 is 5.32 Å². The number of aromatic nitrogens is 2. The molecule has 0 saturated carbocycles. The highest BCUT2D eigenvalue weighted by molar-refractivity contribution is 8.13. The molecule has 0 spiro atoms. The average Bonchev–Trinajstić information content (AvgIpc) is 3.20. The lowest BCUT2D eigenvalue weighted by atomic mass is 10.1. The summed E-state index contributed by atoms with van der Waals surface area (Å²) in [4.78, 5) is 30.0. The zero-order valence-electron chi connectivity index (χ0n) is 13.8. The fourth-order valence-electron chi connectivity index (χ4n) is 2.71. The van der Waals surface area contributed by atoms with Gasteiger partial charge >= 0.3 is 0 Å². The van der Waals surface area contributed by atoms with Crippen molar-refractivity contribution in [3.05, 3.63) is 53.9 Å². The second kappa shape index (κ2) is 7.69. The minimum atomic E-state index is -0.475. The highest BCUT2D eigenvalue weighted by Crippen LogP contribution is 2.21. The summed E-state index contributed by atoms with van der Waals surface area (Å²) in [5.41, 5.74) is 0.747. The number of carbonyl (C=O) groups excluding carboxylic acids is 2. The number of nitrogens with one attached hydrogen (secondary N) is 1. The molecule has 0 radical (unpaired) electrons. The molecule has 1 aliphatic rings. The summed E-state index contributed by atoms with van der Waals surface area (Å²) in [6.45, 7) is 1.08. The Labute approximate surface area is 149 Å². The Morgan fingerprint density at radius 2 is 2.16 bits per heavy atom. The summed E-state index contributed by atoms with van der Waals surface area (Å²) in [6.07, 6.45) is 3.66. The highest BCUT2D eigenvalue weighted by Gasteiger charge is 2.24. The zero-order valence-corrected chi connectivity index (χ0v) is 14.6. The molecular formula is C17H19FN4O2S. The van der Waals surface area contributed by atoms with E-state index in [1.54, 1.807) is 29.4 Å². The van der Waals surface area contributed by atoms with Crippen LogP contribution in [-0.4, -0.2) is 44.4 Å². The first-order valence-electron chi connectivity index (χ1n) is 7.98. The van der Waals surface area contributed by atoms with E-state index in [2.05, 4.69) is 10.3 Å². The van der Waals surface area contributed by atoms with Gasteiger partial charge in [-0.1, -0.05) is 23.9 Å². The van der Waals surface area contributed by atoms with Gasteiger partial charge in [0.15, 0.2) is 0 Å². The van der Waals surface area contributed by atoms with E-state index >= 15 is 0 Å². The zero-order chi connectivity index (χ0) is 17.8. The van der Waals surface area contributed by atoms with Gasteiger partial charge < -0.3 is 14.8 Å². The van der Waals surface area contributed by atoms with Crippen LogP contribution in [-0.2, 0) is 11.8 Å². The van der Waals surface area contributed by atoms with Crippen molar-refractivity contribution < 1.29 is 14.0 Å². The molecule has 132 valence electrons. The van der Waals surface area contributed by atoms with Crippen molar-refractivity contribution in [2.24, 2.45) is 7.05 Å². The summed E-state index contributed by atoms with van der Waals surface area (Å²) in [6, 6.07) is 5.51. The molecule has 1 saturated heterocycles. The molecule has 0 aliphatic carbocycles. The van der Waals surface area contributed by atoms with Crippen molar-refractivity contribution >= 4 is 22.9 Å². The first kappa shape index (κ1) is 17.5. The van der Waals surface area contributed by atoms with Crippen LogP contribution in [0.3, 0.4) is 0 Å². The third-order valence-electron chi connectivity index (χ3n) is 4.08. The smallest absolute Gasteiger partial charge is 0.281 e.